The molecule has 5 nitrogen and oxygen atoms in total. The molecule has 0 aliphatic heterocycles. The van der Waals surface area contributed by atoms with E-state index in [1.54, 1.807) is 53.6 Å². The maximum absolute atomic E-state index is 5.73. The van der Waals surface area contributed by atoms with E-state index < -0.39 is 0 Å². The number of rotatable bonds is 8. The van der Waals surface area contributed by atoms with Crippen LogP contribution < -0.4 is 0 Å². The maximum Gasteiger partial charge on any atom is 4.00 e. The topological polar surface area (TPSA) is 69.3 Å². The molecule has 272 valence electrons. The summed E-state index contributed by atoms with van der Waals surface area (Å²) < 4.78 is 1.32. The first kappa shape index (κ1) is 45.0. The SMILES string of the molecule is C[N-]C.C[N-]C.C[N-]C.Cc1sc2ccccc2c1-c1csc(C([N-]c2c(C(C)C)cccc2C(C)C)c2ccccc2C2CCCCC2)n1.[Hf+4]. The summed E-state index contributed by atoms with van der Waals surface area (Å²) in [6.07, 6.45) is 6.54. The van der Waals surface area contributed by atoms with E-state index >= 15 is 0 Å². The van der Waals surface area contributed by atoms with E-state index in [0.29, 0.717) is 17.8 Å². The number of fused-ring (bicyclic) bond motifs is 1. The van der Waals surface area contributed by atoms with Gasteiger partial charge < -0.3 is 21.3 Å². The molecule has 2 aromatic heterocycles. The first-order valence-electron chi connectivity index (χ1n) is 18.0. The minimum Gasteiger partial charge on any atom is -0.672 e. The number of nitrogens with zero attached hydrogens (tertiary/aromatic N) is 5. The van der Waals surface area contributed by atoms with Crippen molar-refractivity contribution in [3.05, 3.63) is 126 Å². The zero-order valence-electron chi connectivity index (χ0n) is 32.8. The predicted octanol–water partition coefficient (Wildman–Crippen LogP) is 14.3. The van der Waals surface area contributed by atoms with Gasteiger partial charge in [0.2, 0.25) is 0 Å². The molecular formula is C43H59HfN5S2. The summed E-state index contributed by atoms with van der Waals surface area (Å²) in [7, 11) is 10.5. The third-order valence-electron chi connectivity index (χ3n) is 8.72. The van der Waals surface area contributed by atoms with E-state index in [1.165, 1.54) is 74.9 Å². The third kappa shape index (κ3) is 12.2. The number of benzene rings is 3. The van der Waals surface area contributed by atoms with Crippen molar-refractivity contribution in [2.24, 2.45) is 0 Å². The molecule has 2 heterocycles. The van der Waals surface area contributed by atoms with Gasteiger partial charge in [-0.3, -0.25) is 0 Å². The van der Waals surface area contributed by atoms with Crippen LogP contribution in [-0.2, 0) is 25.8 Å². The Labute approximate surface area is 336 Å². The number of thiophene rings is 1. The number of hydrogen-bond donors (Lipinski definition) is 0. The molecule has 0 spiro atoms. The third-order valence-corrected chi connectivity index (χ3v) is 10.7. The Morgan fingerprint density at radius 2 is 1.22 bits per heavy atom. The van der Waals surface area contributed by atoms with Crippen molar-refractivity contribution < 1.29 is 25.8 Å². The Hall–Kier alpha value is -2.20. The summed E-state index contributed by atoms with van der Waals surface area (Å²) in [6, 6.07) is 24.5. The van der Waals surface area contributed by atoms with Crippen LogP contribution in [0.15, 0.2) is 72.1 Å². The second-order valence-electron chi connectivity index (χ2n) is 13.5. The molecule has 8 heteroatoms. The summed E-state index contributed by atoms with van der Waals surface area (Å²) >= 11 is 3.63. The van der Waals surface area contributed by atoms with Crippen LogP contribution in [0.3, 0.4) is 0 Å². The quantitative estimate of drug-likeness (QED) is 0.143. The molecule has 51 heavy (non-hydrogen) atoms. The van der Waals surface area contributed by atoms with Crippen LogP contribution in [-0.4, -0.2) is 47.3 Å². The van der Waals surface area contributed by atoms with Gasteiger partial charge in [-0.15, -0.1) is 28.4 Å². The monoisotopic (exact) mass is 889 g/mol. The molecule has 0 N–H and O–H groups in total. The van der Waals surface area contributed by atoms with Crippen molar-refractivity contribution in [2.75, 3.05) is 42.3 Å². The van der Waals surface area contributed by atoms with Crippen LogP contribution in [0.4, 0.5) is 5.69 Å². The fourth-order valence-electron chi connectivity index (χ4n) is 6.61. The van der Waals surface area contributed by atoms with Gasteiger partial charge in [0, 0.05) is 25.9 Å². The summed E-state index contributed by atoms with van der Waals surface area (Å²) in [5.41, 5.74) is 8.98. The smallest absolute Gasteiger partial charge is 0.672 e. The molecule has 0 bridgehead atoms. The second-order valence-corrected chi connectivity index (χ2v) is 15.7. The zero-order chi connectivity index (χ0) is 36.6. The Morgan fingerprint density at radius 3 is 1.80 bits per heavy atom. The van der Waals surface area contributed by atoms with E-state index in [2.05, 4.69) is 123 Å². The largest absolute Gasteiger partial charge is 4.00 e. The van der Waals surface area contributed by atoms with E-state index in [1.807, 2.05) is 11.3 Å². The average Bonchev–Trinajstić information content (AvgIpc) is 3.72. The Morgan fingerprint density at radius 1 is 0.686 bits per heavy atom. The Kier molecular flexibility index (Phi) is 20.7. The summed E-state index contributed by atoms with van der Waals surface area (Å²) in [6.45, 7) is 11.4. The first-order valence-corrected chi connectivity index (χ1v) is 19.7. The molecule has 1 saturated carbocycles. The fraction of sp³-hybridized carbons (Fsp3) is 0.465. The number of para-hydroxylation sites is 1. The van der Waals surface area contributed by atoms with Crippen LogP contribution in [0.2, 0.25) is 0 Å². The van der Waals surface area contributed by atoms with Crippen molar-refractivity contribution in [2.45, 2.75) is 90.5 Å². The average molecular weight is 889 g/mol. The van der Waals surface area contributed by atoms with E-state index in [9.17, 15) is 0 Å². The van der Waals surface area contributed by atoms with Gasteiger partial charge >= 0.3 is 25.8 Å². The molecule has 1 fully saturated rings. The standard InChI is InChI=1S/C37H41N2S2.3C2H6N.Hf/c1-23(2)27-19-13-20-28(24(3)4)35(27)39-36(30-17-10-9-16-29(30)26-14-7-6-8-15-26)37-38-32(22-40-37)34-25(5)41-33-21-12-11-18-31(33)34;3*1-3-2;/h9-13,16-24,26,36H,6-8,14-15H2,1-5H3;3*1-2H3;/q4*-1;+4. The minimum atomic E-state index is -0.130. The van der Waals surface area contributed by atoms with Crippen molar-refractivity contribution in [3.63, 3.8) is 0 Å². The van der Waals surface area contributed by atoms with Crippen molar-refractivity contribution in [3.8, 4) is 11.3 Å². The second kappa shape index (κ2) is 23.5. The van der Waals surface area contributed by atoms with Crippen LogP contribution in [0.1, 0.15) is 116 Å². The van der Waals surface area contributed by atoms with E-state index in [0.717, 1.165) is 16.4 Å². The molecule has 1 aliphatic carbocycles. The summed E-state index contributed by atoms with van der Waals surface area (Å²) in [5, 5.41) is 20.9. The van der Waals surface area contributed by atoms with Crippen LogP contribution >= 0.6 is 22.7 Å². The van der Waals surface area contributed by atoms with Crippen LogP contribution in [0.25, 0.3) is 42.6 Å². The van der Waals surface area contributed by atoms with Crippen molar-refractivity contribution in [1.29, 1.82) is 0 Å². The molecule has 1 unspecified atom stereocenters. The molecule has 5 aromatic rings. The molecular weight excluding hydrogens is 829 g/mol. The molecule has 6 rings (SSSR count). The van der Waals surface area contributed by atoms with Gasteiger partial charge in [-0.05, 0) is 55.2 Å². The zero-order valence-corrected chi connectivity index (χ0v) is 38.1. The summed E-state index contributed by atoms with van der Waals surface area (Å²) in [5.74, 6) is 1.40. The number of aromatic nitrogens is 1. The molecule has 0 amide bonds. The molecule has 0 saturated heterocycles. The normalized spacial score (nSPS) is 13.3. The molecule has 1 aliphatic rings. The minimum absolute atomic E-state index is 0. The first-order chi connectivity index (χ1) is 24.2. The van der Waals surface area contributed by atoms with Gasteiger partial charge in [-0.1, -0.05) is 124 Å². The van der Waals surface area contributed by atoms with Gasteiger partial charge in [0.25, 0.3) is 0 Å². The predicted molar refractivity (Wildman–Crippen MR) is 225 cm³/mol. The van der Waals surface area contributed by atoms with Crippen molar-refractivity contribution in [1.82, 2.24) is 4.98 Å². The van der Waals surface area contributed by atoms with E-state index in [4.69, 9.17) is 10.3 Å². The van der Waals surface area contributed by atoms with Gasteiger partial charge in [0.15, 0.2) is 0 Å². The van der Waals surface area contributed by atoms with E-state index in [-0.39, 0.29) is 31.9 Å². The van der Waals surface area contributed by atoms with Crippen LogP contribution in [0.5, 0.6) is 0 Å². The maximum atomic E-state index is 5.73. The molecule has 0 radical (unpaired) electrons. The molecule has 3 aromatic carbocycles. The number of thiazole rings is 1. The van der Waals surface area contributed by atoms with Crippen molar-refractivity contribution >= 4 is 38.4 Å². The van der Waals surface area contributed by atoms with Gasteiger partial charge in [0.05, 0.1) is 10.7 Å². The Balaban J connectivity index is 0.000000819. The van der Waals surface area contributed by atoms with Gasteiger partial charge in [-0.2, -0.15) is 42.3 Å². The fourth-order valence-corrected chi connectivity index (χ4v) is 8.54. The molecule has 1 atom stereocenters. The van der Waals surface area contributed by atoms with Crippen LogP contribution in [0, 0.1) is 6.92 Å². The van der Waals surface area contributed by atoms with Gasteiger partial charge in [0.1, 0.15) is 0 Å². The summed E-state index contributed by atoms with van der Waals surface area (Å²) in [4.78, 5) is 6.73. The Bertz CT molecular complexity index is 1670. The van der Waals surface area contributed by atoms with Gasteiger partial charge in [-0.25, -0.2) is 4.98 Å². The number of aryl methyl sites for hydroxylation is 1. The number of hydrogen-bond acceptors (Lipinski definition) is 3.